The van der Waals surface area contributed by atoms with E-state index < -0.39 is 5.92 Å². The van der Waals surface area contributed by atoms with Gasteiger partial charge in [-0.05, 0) is 31.0 Å². The van der Waals surface area contributed by atoms with Gasteiger partial charge in [-0.25, -0.2) is 15.0 Å². The zero-order valence-corrected chi connectivity index (χ0v) is 16.2. The first-order valence-corrected chi connectivity index (χ1v) is 10.2. The van der Waals surface area contributed by atoms with Crippen LogP contribution in [0.4, 0.5) is 5.95 Å². The summed E-state index contributed by atoms with van der Waals surface area (Å²) in [6, 6.07) is 12.1. The van der Waals surface area contributed by atoms with Gasteiger partial charge in [-0.3, -0.25) is 0 Å². The van der Waals surface area contributed by atoms with E-state index in [1.807, 2.05) is 29.6 Å². The molecule has 1 fully saturated rings. The molecule has 0 amide bonds. The minimum atomic E-state index is -0.511. The Bertz CT molecular complexity index is 957. The first-order valence-electron chi connectivity index (χ1n) is 8.93. The summed E-state index contributed by atoms with van der Waals surface area (Å²) in [4.78, 5) is 13.6. The minimum Gasteiger partial charge on any atom is -0.351 e. The highest BCUT2D eigenvalue weighted by Gasteiger charge is 2.21. The zero-order valence-electron chi connectivity index (χ0n) is 14.6. The number of anilines is 1. The van der Waals surface area contributed by atoms with Crippen molar-refractivity contribution in [3.05, 3.63) is 57.6 Å². The summed E-state index contributed by atoms with van der Waals surface area (Å²) in [5.41, 5.74) is 2.49. The maximum atomic E-state index is 9.74. The number of hydrogen-bond acceptors (Lipinski definition) is 6. The summed E-state index contributed by atoms with van der Waals surface area (Å²) in [5.74, 6) is 0.0808. The van der Waals surface area contributed by atoms with Crippen molar-refractivity contribution in [1.29, 1.82) is 5.26 Å². The molecule has 2 aromatic heterocycles. The van der Waals surface area contributed by atoms with Crippen LogP contribution >= 0.6 is 22.9 Å². The summed E-state index contributed by atoms with van der Waals surface area (Å²) >= 11 is 7.42. The van der Waals surface area contributed by atoms with Gasteiger partial charge in [0.2, 0.25) is 5.95 Å². The van der Waals surface area contributed by atoms with Gasteiger partial charge in [0, 0.05) is 28.2 Å². The number of rotatable bonds is 5. The average Bonchev–Trinajstić information content (AvgIpc) is 3.36. The first-order chi connectivity index (χ1) is 13.2. The third-order valence-corrected chi connectivity index (χ3v) is 5.86. The van der Waals surface area contributed by atoms with Crippen molar-refractivity contribution in [2.75, 3.05) is 5.32 Å². The third-order valence-electron chi connectivity index (χ3n) is 4.70. The van der Waals surface area contributed by atoms with Crippen molar-refractivity contribution >= 4 is 28.9 Å². The maximum Gasteiger partial charge on any atom is 0.223 e. The Morgan fingerprint density at radius 3 is 2.67 bits per heavy atom. The molecule has 0 bridgehead atoms. The standard InChI is InChI=1S/C20H18ClN5S/c21-14-7-5-13(6-8-14)18-12-27-19(25-18)16(11-22)17-9-10-23-20(26-17)24-15-3-1-2-4-15/h5-10,12,15-16H,1-4H2,(H,23,24,26). The highest BCUT2D eigenvalue weighted by molar-refractivity contribution is 7.10. The second kappa shape index (κ2) is 8.03. The Balaban J connectivity index is 1.57. The lowest BCUT2D eigenvalue weighted by atomic mass is 10.1. The molecule has 7 heteroatoms. The lowest BCUT2D eigenvalue weighted by molar-refractivity contribution is 0.741. The van der Waals surface area contributed by atoms with Crippen molar-refractivity contribution in [1.82, 2.24) is 15.0 Å². The molecular weight excluding hydrogens is 378 g/mol. The average molecular weight is 396 g/mol. The van der Waals surface area contributed by atoms with Crippen LogP contribution in [0.2, 0.25) is 5.02 Å². The highest BCUT2D eigenvalue weighted by Crippen LogP contribution is 2.30. The molecule has 0 aliphatic heterocycles. The van der Waals surface area contributed by atoms with Crippen LogP contribution in [0.15, 0.2) is 41.9 Å². The molecule has 0 saturated heterocycles. The van der Waals surface area contributed by atoms with E-state index in [1.54, 1.807) is 12.3 Å². The normalized spacial score (nSPS) is 15.4. The van der Waals surface area contributed by atoms with E-state index in [0.29, 0.717) is 22.7 Å². The Morgan fingerprint density at radius 2 is 1.93 bits per heavy atom. The van der Waals surface area contributed by atoms with E-state index in [0.717, 1.165) is 29.1 Å². The molecule has 27 heavy (non-hydrogen) atoms. The number of benzene rings is 1. The molecule has 3 aromatic rings. The maximum absolute atomic E-state index is 9.74. The van der Waals surface area contributed by atoms with E-state index in [1.165, 1.54) is 24.2 Å². The Morgan fingerprint density at radius 1 is 1.15 bits per heavy atom. The van der Waals surface area contributed by atoms with Gasteiger partial charge >= 0.3 is 0 Å². The summed E-state index contributed by atoms with van der Waals surface area (Å²) in [6.45, 7) is 0. The van der Waals surface area contributed by atoms with Crippen molar-refractivity contribution < 1.29 is 0 Å². The van der Waals surface area contributed by atoms with Crippen LogP contribution in [-0.4, -0.2) is 21.0 Å². The number of nitriles is 1. The molecule has 1 aromatic carbocycles. The fourth-order valence-corrected chi connectivity index (χ4v) is 4.28. The van der Waals surface area contributed by atoms with Gasteiger partial charge < -0.3 is 5.32 Å². The van der Waals surface area contributed by atoms with E-state index >= 15 is 0 Å². The smallest absolute Gasteiger partial charge is 0.223 e. The summed E-state index contributed by atoms with van der Waals surface area (Å²) in [6.07, 6.45) is 6.48. The Labute approximate surface area is 167 Å². The summed E-state index contributed by atoms with van der Waals surface area (Å²) < 4.78 is 0. The van der Waals surface area contributed by atoms with Crippen LogP contribution in [0, 0.1) is 11.3 Å². The van der Waals surface area contributed by atoms with Gasteiger partial charge in [0.1, 0.15) is 10.9 Å². The van der Waals surface area contributed by atoms with Crippen molar-refractivity contribution in [3.8, 4) is 17.3 Å². The quantitative estimate of drug-likeness (QED) is 0.637. The predicted molar refractivity (Wildman–Crippen MR) is 108 cm³/mol. The molecule has 1 atom stereocenters. The molecule has 5 nitrogen and oxygen atoms in total. The largest absolute Gasteiger partial charge is 0.351 e. The number of halogens is 1. The minimum absolute atomic E-state index is 0.428. The van der Waals surface area contributed by atoms with E-state index in [4.69, 9.17) is 11.6 Å². The lowest BCUT2D eigenvalue weighted by Crippen LogP contribution is -2.17. The Hall–Kier alpha value is -2.49. The van der Waals surface area contributed by atoms with Crippen molar-refractivity contribution in [2.24, 2.45) is 0 Å². The van der Waals surface area contributed by atoms with Crippen molar-refractivity contribution in [2.45, 2.75) is 37.6 Å². The molecule has 4 rings (SSSR count). The van der Waals surface area contributed by atoms with Gasteiger partial charge in [-0.2, -0.15) is 5.26 Å². The highest BCUT2D eigenvalue weighted by atomic mass is 35.5. The molecule has 2 heterocycles. The summed E-state index contributed by atoms with van der Waals surface area (Å²) in [5, 5.41) is 16.5. The van der Waals surface area contributed by atoms with Gasteiger partial charge in [-0.1, -0.05) is 36.6 Å². The van der Waals surface area contributed by atoms with Crippen LogP contribution in [0.1, 0.15) is 42.3 Å². The molecule has 0 radical (unpaired) electrons. The van der Waals surface area contributed by atoms with E-state index in [9.17, 15) is 5.26 Å². The van der Waals surface area contributed by atoms with Crippen LogP contribution in [0.3, 0.4) is 0 Å². The second-order valence-corrected chi connectivity index (χ2v) is 7.90. The fraction of sp³-hybridized carbons (Fsp3) is 0.300. The first kappa shape index (κ1) is 17.9. The van der Waals surface area contributed by atoms with Crippen LogP contribution in [-0.2, 0) is 0 Å². The van der Waals surface area contributed by atoms with E-state index in [2.05, 4.69) is 26.3 Å². The number of nitrogens with one attached hydrogen (secondary N) is 1. The van der Waals surface area contributed by atoms with Gasteiger partial charge in [-0.15, -0.1) is 11.3 Å². The third kappa shape index (κ3) is 4.10. The van der Waals surface area contributed by atoms with Crippen LogP contribution in [0.25, 0.3) is 11.3 Å². The zero-order chi connectivity index (χ0) is 18.6. The van der Waals surface area contributed by atoms with Crippen LogP contribution < -0.4 is 5.32 Å². The number of aromatic nitrogens is 3. The molecule has 1 saturated carbocycles. The topological polar surface area (TPSA) is 74.5 Å². The molecule has 1 unspecified atom stereocenters. The molecule has 1 aliphatic rings. The molecular formula is C20H18ClN5S. The molecule has 1 N–H and O–H groups in total. The fourth-order valence-electron chi connectivity index (χ4n) is 3.28. The van der Waals surface area contributed by atoms with Gasteiger partial charge in [0.15, 0.2) is 0 Å². The monoisotopic (exact) mass is 395 g/mol. The molecule has 136 valence electrons. The SMILES string of the molecule is N#CC(c1ccnc(NC2CCCC2)n1)c1nc(-c2ccc(Cl)cc2)cs1. The molecule has 1 aliphatic carbocycles. The van der Waals surface area contributed by atoms with Gasteiger partial charge in [0.05, 0.1) is 17.5 Å². The van der Waals surface area contributed by atoms with Crippen molar-refractivity contribution in [3.63, 3.8) is 0 Å². The second-order valence-electron chi connectivity index (χ2n) is 6.57. The number of thiazole rings is 1. The predicted octanol–water partition coefficient (Wildman–Crippen LogP) is 5.26. The van der Waals surface area contributed by atoms with Crippen LogP contribution in [0.5, 0.6) is 0 Å². The van der Waals surface area contributed by atoms with Gasteiger partial charge in [0.25, 0.3) is 0 Å². The lowest BCUT2D eigenvalue weighted by Gasteiger charge is -2.13. The van der Waals surface area contributed by atoms with E-state index in [-0.39, 0.29) is 0 Å². The molecule has 0 spiro atoms. The number of nitrogens with zero attached hydrogens (tertiary/aromatic N) is 4. The Kier molecular flexibility index (Phi) is 5.33. The number of hydrogen-bond donors (Lipinski definition) is 1. The summed E-state index contributed by atoms with van der Waals surface area (Å²) in [7, 11) is 0.